The van der Waals surface area contributed by atoms with Gasteiger partial charge >= 0.3 is 0 Å². The molecule has 2 atom stereocenters. The van der Waals surface area contributed by atoms with Gasteiger partial charge in [0.05, 0.1) is 0 Å². The van der Waals surface area contributed by atoms with Gasteiger partial charge in [-0.25, -0.2) is 0 Å². The van der Waals surface area contributed by atoms with Gasteiger partial charge in [0, 0.05) is 0 Å². The van der Waals surface area contributed by atoms with E-state index in [1.165, 1.54) is 56.1 Å². The summed E-state index contributed by atoms with van der Waals surface area (Å²) in [5.74, 6) is 2.12. The Bertz CT molecular complexity index is 662. The van der Waals surface area contributed by atoms with Gasteiger partial charge in [-0.1, -0.05) is 91.6 Å². The van der Waals surface area contributed by atoms with Crippen molar-refractivity contribution >= 4 is 0 Å². The maximum absolute atomic E-state index is 2.60. The van der Waals surface area contributed by atoms with Crippen LogP contribution in [0.1, 0.15) is 67.9 Å². The maximum Gasteiger partial charge on any atom is -0.00528 e. The van der Waals surface area contributed by atoms with E-state index in [1.807, 2.05) is 0 Å². The summed E-state index contributed by atoms with van der Waals surface area (Å²) < 4.78 is 0. The first-order valence-corrected chi connectivity index (χ1v) is 9.70. The van der Waals surface area contributed by atoms with E-state index in [1.54, 1.807) is 5.57 Å². The molecule has 2 aromatic carbocycles. The molecule has 0 amide bonds. The molecule has 0 bridgehead atoms. The highest BCUT2D eigenvalue weighted by molar-refractivity contribution is 5.34. The molecular formula is C24H28. The lowest BCUT2D eigenvalue weighted by Gasteiger charge is -2.36. The van der Waals surface area contributed by atoms with Crippen LogP contribution in [0.25, 0.3) is 0 Å². The molecule has 2 aromatic rings. The van der Waals surface area contributed by atoms with Crippen LogP contribution in [0.5, 0.6) is 0 Å². The first-order valence-electron chi connectivity index (χ1n) is 9.70. The van der Waals surface area contributed by atoms with Crippen molar-refractivity contribution in [2.24, 2.45) is 5.92 Å². The lowest BCUT2D eigenvalue weighted by molar-refractivity contribution is 0.372. The third-order valence-corrected chi connectivity index (χ3v) is 6.16. The van der Waals surface area contributed by atoms with Crippen molar-refractivity contribution in [2.75, 3.05) is 0 Å². The van der Waals surface area contributed by atoms with Gasteiger partial charge in [-0.3, -0.25) is 0 Å². The van der Waals surface area contributed by atoms with Crippen molar-refractivity contribution in [1.29, 1.82) is 0 Å². The van der Waals surface area contributed by atoms with Gasteiger partial charge in [-0.2, -0.15) is 0 Å². The van der Waals surface area contributed by atoms with E-state index in [2.05, 4.69) is 66.7 Å². The third-order valence-electron chi connectivity index (χ3n) is 6.16. The van der Waals surface area contributed by atoms with Gasteiger partial charge in [0.15, 0.2) is 0 Å². The smallest absolute Gasteiger partial charge is 0.00528 e. The van der Waals surface area contributed by atoms with Crippen molar-refractivity contribution in [3.05, 3.63) is 83.4 Å². The molecular weight excluding hydrogens is 288 g/mol. The van der Waals surface area contributed by atoms with Crippen LogP contribution in [0.15, 0.2) is 72.3 Å². The fourth-order valence-electron chi connectivity index (χ4n) is 4.85. The summed E-state index contributed by atoms with van der Waals surface area (Å²) in [6.45, 7) is 0. The summed E-state index contributed by atoms with van der Waals surface area (Å²) in [7, 11) is 0. The molecule has 0 radical (unpaired) electrons. The van der Waals surface area contributed by atoms with Gasteiger partial charge in [-0.15, -0.1) is 0 Å². The van der Waals surface area contributed by atoms with Gasteiger partial charge < -0.3 is 0 Å². The molecule has 1 saturated carbocycles. The van der Waals surface area contributed by atoms with Crippen LogP contribution >= 0.6 is 0 Å². The highest BCUT2D eigenvalue weighted by atomic mass is 14.4. The molecule has 0 unspecified atom stereocenters. The monoisotopic (exact) mass is 316 g/mol. The zero-order valence-corrected chi connectivity index (χ0v) is 14.5. The quantitative estimate of drug-likeness (QED) is 0.543. The average molecular weight is 316 g/mol. The number of benzene rings is 2. The molecule has 0 saturated heterocycles. The number of hydrogen-bond acceptors (Lipinski definition) is 0. The Hall–Kier alpha value is -1.82. The second-order valence-electron chi connectivity index (χ2n) is 7.59. The predicted molar refractivity (Wildman–Crippen MR) is 102 cm³/mol. The predicted octanol–water partition coefficient (Wildman–Crippen LogP) is 6.85. The number of rotatable bonds is 3. The van der Waals surface area contributed by atoms with E-state index in [0.29, 0.717) is 11.8 Å². The Balaban J connectivity index is 1.64. The van der Waals surface area contributed by atoms with Crippen molar-refractivity contribution in [2.45, 2.75) is 56.8 Å². The minimum atomic E-state index is 0.626. The Morgan fingerprint density at radius 2 is 1.21 bits per heavy atom. The summed E-state index contributed by atoms with van der Waals surface area (Å²) >= 11 is 0. The molecule has 0 nitrogen and oxygen atoms in total. The maximum atomic E-state index is 2.60. The Morgan fingerprint density at radius 1 is 0.625 bits per heavy atom. The van der Waals surface area contributed by atoms with Crippen LogP contribution in [0.2, 0.25) is 0 Å². The minimum absolute atomic E-state index is 0.626. The topological polar surface area (TPSA) is 0 Å². The van der Waals surface area contributed by atoms with Gasteiger partial charge in [-0.05, 0) is 54.6 Å². The molecule has 0 heteroatoms. The van der Waals surface area contributed by atoms with Gasteiger partial charge in [0.25, 0.3) is 0 Å². The molecule has 1 fully saturated rings. The second-order valence-corrected chi connectivity index (χ2v) is 7.59. The standard InChI is InChI=1S/C24H28/c1-4-10-19(11-5-1)22-16-17-23(20-12-6-2-7-13-20)24(18-22)21-14-8-3-9-15-21/h2-3,6-9,12-16,19,23-24H,1,4-5,10-11,17-18H2/t23-,24-/m0/s1. The molecule has 24 heavy (non-hydrogen) atoms. The van der Waals surface area contributed by atoms with Crippen molar-refractivity contribution in [3.8, 4) is 0 Å². The lowest BCUT2D eigenvalue weighted by Crippen LogP contribution is -2.20. The molecule has 0 aliphatic heterocycles. The van der Waals surface area contributed by atoms with E-state index in [-0.39, 0.29) is 0 Å². The molecule has 124 valence electrons. The Labute approximate surface area is 146 Å². The van der Waals surface area contributed by atoms with Crippen LogP contribution in [-0.2, 0) is 0 Å². The number of allylic oxidation sites excluding steroid dienone is 2. The Kier molecular flexibility index (Phi) is 4.83. The van der Waals surface area contributed by atoms with Crippen molar-refractivity contribution in [1.82, 2.24) is 0 Å². The highest BCUT2D eigenvalue weighted by Crippen LogP contribution is 2.47. The van der Waals surface area contributed by atoms with Crippen LogP contribution in [-0.4, -0.2) is 0 Å². The summed E-state index contributed by atoms with van der Waals surface area (Å²) in [6.07, 6.45) is 12.2. The summed E-state index contributed by atoms with van der Waals surface area (Å²) in [5, 5.41) is 0. The zero-order valence-electron chi connectivity index (χ0n) is 14.5. The summed E-state index contributed by atoms with van der Waals surface area (Å²) in [5.41, 5.74) is 4.79. The van der Waals surface area contributed by atoms with E-state index >= 15 is 0 Å². The molecule has 0 N–H and O–H groups in total. The van der Waals surface area contributed by atoms with Gasteiger partial charge in [0.1, 0.15) is 0 Å². The molecule has 0 spiro atoms. The average Bonchev–Trinajstić information content (AvgIpc) is 2.69. The van der Waals surface area contributed by atoms with Crippen LogP contribution in [0.3, 0.4) is 0 Å². The highest BCUT2D eigenvalue weighted by Gasteiger charge is 2.31. The van der Waals surface area contributed by atoms with Crippen LogP contribution in [0, 0.1) is 5.92 Å². The summed E-state index contributed by atoms with van der Waals surface area (Å²) in [4.78, 5) is 0. The van der Waals surface area contributed by atoms with Crippen molar-refractivity contribution < 1.29 is 0 Å². The fourth-order valence-corrected chi connectivity index (χ4v) is 4.85. The zero-order chi connectivity index (χ0) is 16.2. The molecule has 0 aromatic heterocycles. The SMILES string of the molecule is C1=C(C2CCCCC2)C[C@@H](c2ccccc2)[C@H](c2ccccc2)C1. The van der Waals surface area contributed by atoms with E-state index in [9.17, 15) is 0 Å². The van der Waals surface area contributed by atoms with E-state index in [0.717, 1.165) is 5.92 Å². The van der Waals surface area contributed by atoms with E-state index < -0.39 is 0 Å². The van der Waals surface area contributed by atoms with Crippen LogP contribution in [0.4, 0.5) is 0 Å². The first-order chi connectivity index (χ1) is 11.9. The largest absolute Gasteiger partial charge is 0.0844 e. The first kappa shape index (κ1) is 15.7. The van der Waals surface area contributed by atoms with Gasteiger partial charge in [0.2, 0.25) is 0 Å². The van der Waals surface area contributed by atoms with Crippen molar-refractivity contribution in [3.63, 3.8) is 0 Å². The lowest BCUT2D eigenvalue weighted by atomic mass is 9.69. The normalized spacial score (nSPS) is 25.2. The minimum Gasteiger partial charge on any atom is -0.0844 e. The van der Waals surface area contributed by atoms with Crippen LogP contribution < -0.4 is 0 Å². The Morgan fingerprint density at radius 3 is 1.83 bits per heavy atom. The number of hydrogen-bond donors (Lipinski definition) is 0. The summed E-state index contributed by atoms with van der Waals surface area (Å²) in [6, 6.07) is 22.4. The molecule has 4 rings (SSSR count). The second kappa shape index (κ2) is 7.38. The molecule has 0 heterocycles. The van der Waals surface area contributed by atoms with E-state index in [4.69, 9.17) is 0 Å². The fraction of sp³-hybridized carbons (Fsp3) is 0.417. The molecule has 2 aliphatic rings. The molecule has 2 aliphatic carbocycles. The third kappa shape index (κ3) is 3.34.